The van der Waals surface area contributed by atoms with Crippen molar-refractivity contribution >= 4 is 11.6 Å². The zero-order valence-corrected chi connectivity index (χ0v) is 6.58. The quantitative estimate of drug-likeness (QED) is 0.526. The van der Waals surface area contributed by atoms with Gasteiger partial charge in [0.05, 0.1) is 5.57 Å². The largest absolute Gasteiger partial charge is 0.416 e. The first-order valence-electron chi connectivity index (χ1n) is 3.19. The highest BCUT2D eigenvalue weighted by Crippen LogP contribution is 2.33. The summed E-state index contributed by atoms with van der Waals surface area (Å²) in [6, 6.07) is 0. The van der Waals surface area contributed by atoms with E-state index in [1.807, 2.05) is 0 Å². The molecule has 1 rings (SSSR count). The monoisotopic (exact) mass is 200 g/mol. The topological polar surface area (TPSA) is 0 Å². The van der Waals surface area contributed by atoms with Gasteiger partial charge >= 0.3 is 6.18 Å². The summed E-state index contributed by atoms with van der Waals surface area (Å²) in [4.78, 5) is 0. The molecule has 0 aliphatic heterocycles. The van der Waals surface area contributed by atoms with Crippen LogP contribution in [0.25, 0.3) is 0 Å². The summed E-state index contributed by atoms with van der Waals surface area (Å²) < 4.78 is 48.4. The fourth-order valence-electron chi connectivity index (χ4n) is 0.892. The summed E-state index contributed by atoms with van der Waals surface area (Å²) in [6.45, 7) is 0. The molecule has 0 aromatic carbocycles. The molecule has 0 saturated heterocycles. The van der Waals surface area contributed by atoms with Crippen LogP contribution >= 0.6 is 11.6 Å². The van der Waals surface area contributed by atoms with Gasteiger partial charge in [-0.25, -0.2) is 4.39 Å². The molecule has 12 heavy (non-hydrogen) atoms. The lowest BCUT2D eigenvalue weighted by atomic mass is 10.1. The summed E-state index contributed by atoms with van der Waals surface area (Å²) in [5, 5.41) is -0.0997. The van der Waals surface area contributed by atoms with E-state index < -0.39 is 17.9 Å². The molecule has 1 atom stereocenters. The standard InChI is InChI=1S/C7H5ClF4/c8-5-1-4(7(10,11)12)2-6(9)3-5/h1-2,6H,3H2. The molecule has 0 aromatic heterocycles. The van der Waals surface area contributed by atoms with Crippen LogP contribution in [-0.4, -0.2) is 12.3 Å². The Hall–Kier alpha value is -0.510. The van der Waals surface area contributed by atoms with Crippen molar-refractivity contribution in [1.29, 1.82) is 0 Å². The zero-order valence-electron chi connectivity index (χ0n) is 5.83. The van der Waals surface area contributed by atoms with Crippen LogP contribution in [-0.2, 0) is 0 Å². The molecule has 1 unspecified atom stereocenters. The van der Waals surface area contributed by atoms with E-state index in [9.17, 15) is 17.6 Å². The smallest absolute Gasteiger partial charge is 0.243 e. The lowest BCUT2D eigenvalue weighted by Crippen LogP contribution is -2.15. The lowest BCUT2D eigenvalue weighted by Gasteiger charge is -2.14. The van der Waals surface area contributed by atoms with Crippen molar-refractivity contribution in [3.8, 4) is 0 Å². The van der Waals surface area contributed by atoms with E-state index in [1.165, 1.54) is 0 Å². The first-order chi connectivity index (χ1) is 5.39. The predicted octanol–water partition coefficient (Wildman–Crippen LogP) is 3.34. The third-order valence-electron chi connectivity index (χ3n) is 1.39. The highest BCUT2D eigenvalue weighted by atomic mass is 35.5. The predicted molar refractivity (Wildman–Crippen MR) is 37.6 cm³/mol. The Labute approximate surface area is 71.5 Å². The van der Waals surface area contributed by atoms with Crippen LogP contribution in [0.15, 0.2) is 22.8 Å². The van der Waals surface area contributed by atoms with E-state index in [0.29, 0.717) is 6.08 Å². The van der Waals surface area contributed by atoms with Gasteiger partial charge in [-0.3, -0.25) is 0 Å². The van der Waals surface area contributed by atoms with Gasteiger partial charge in [-0.1, -0.05) is 11.6 Å². The second-order valence-electron chi connectivity index (χ2n) is 2.43. The number of rotatable bonds is 0. The van der Waals surface area contributed by atoms with E-state index in [1.54, 1.807) is 0 Å². The third kappa shape index (κ3) is 2.24. The van der Waals surface area contributed by atoms with Crippen LogP contribution in [0.3, 0.4) is 0 Å². The summed E-state index contributed by atoms with van der Waals surface area (Å²) in [7, 11) is 0. The van der Waals surface area contributed by atoms with Gasteiger partial charge in [0.15, 0.2) is 0 Å². The fraction of sp³-hybridized carbons (Fsp3) is 0.429. The van der Waals surface area contributed by atoms with Crippen molar-refractivity contribution in [1.82, 2.24) is 0 Å². The second-order valence-corrected chi connectivity index (χ2v) is 2.92. The molecule has 0 bridgehead atoms. The second kappa shape index (κ2) is 3.09. The summed E-state index contributed by atoms with van der Waals surface area (Å²) in [6.07, 6.45) is -5.02. The first kappa shape index (κ1) is 9.58. The van der Waals surface area contributed by atoms with Gasteiger partial charge in [0.1, 0.15) is 6.17 Å². The number of hydrogen-bond donors (Lipinski definition) is 0. The molecule has 0 heterocycles. The van der Waals surface area contributed by atoms with Gasteiger partial charge in [-0.2, -0.15) is 13.2 Å². The molecule has 0 N–H and O–H groups in total. The van der Waals surface area contributed by atoms with E-state index in [2.05, 4.69) is 0 Å². The SMILES string of the molecule is FC1C=C(C(F)(F)F)C=C(Cl)C1. The lowest BCUT2D eigenvalue weighted by molar-refractivity contribution is -0.0890. The summed E-state index contributed by atoms with van der Waals surface area (Å²) >= 11 is 5.29. The minimum absolute atomic E-state index is 0.0997. The van der Waals surface area contributed by atoms with Gasteiger partial charge in [0, 0.05) is 11.5 Å². The normalized spacial score (nSPS) is 24.9. The minimum atomic E-state index is -4.51. The van der Waals surface area contributed by atoms with Crippen LogP contribution in [0.5, 0.6) is 0 Å². The zero-order chi connectivity index (χ0) is 9.35. The van der Waals surface area contributed by atoms with Gasteiger partial charge < -0.3 is 0 Å². The molecular weight excluding hydrogens is 196 g/mol. The Morgan fingerprint density at radius 2 is 2.00 bits per heavy atom. The molecule has 0 amide bonds. The maximum absolute atomic E-state index is 12.5. The molecule has 68 valence electrons. The average Bonchev–Trinajstić information content (AvgIpc) is 1.82. The van der Waals surface area contributed by atoms with Gasteiger partial charge in [-0.05, 0) is 12.2 Å². The van der Waals surface area contributed by atoms with Crippen LogP contribution in [0.4, 0.5) is 17.6 Å². The molecule has 0 spiro atoms. The van der Waals surface area contributed by atoms with Crippen LogP contribution in [0, 0.1) is 0 Å². The number of halogens is 5. The molecule has 0 aromatic rings. The summed E-state index contributed by atoms with van der Waals surface area (Å²) in [5.41, 5.74) is -1.01. The highest BCUT2D eigenvalue weighted by Gasteiger charge is 2.34. The van der Waals surface area contributed by atoms with Crippen molar-refractivity contribution in [2.75, 3.05) is 0 Å². The number of allylic oxidation sites excluding steroid dienone is 4. The van der Waals surface area contributed by atoms with E-state index in [4.69, 9.17) is 11.6 Å². The maximum Gasteiger partial charge on any atom is 0.416 e. The highest BCUT2D eigenvalue weighted by molar-refractivity contribution is 6.29. The Kier molecular flexibility index (Phi) is 2.46. The first-order valence-corrected chi connectivity index (χ1v) is 3.56. The van der Waals surface area contributed by atoms with Crippen molar-refractivity contribution in [2.45, 2.75) is 18.8 Å². The minimum Gasteiger partial charge on any atom is -0.243 e. The van der Waals surface area contributed by atoms with E-state index in [0.717, 1.165) is 6.08 Å². The molecule has 0 fully saturated rings. The van der Waals surface area contributed by atoms with Crippen LogP contribution in [0.1, 0.15) is 6.42 Å². The molecule has 5 heteroatoms. The molecular formula is C7H5ClF4. The molecule has 0 nitrogen and oxygen atoms in total. The third-order valence-corrected chi connectivity index (χ3v) is 1.65. The molecule has 1 aliphatic rings. The van der Waals surface area contributed by atoms with Gasteiger partial charge in [-0.15, -0.1) is 0 Å². The number of alkyl halides is 4. The molecule has 1 aliphatic carbocycles. The van der Waals surface area contributed by atoms with Gasteiger partial charge in [0.2, 0.25) is 0 Å². The van der Waals surface area contributed by atoms with Crippen LogP contribution in [0.2, 0.25) is 0 Å². The molecule has 0 saturated carbocycles. The Balaban J connectivity index is 2.91. The molecule has 0 radical (unpaired) electrons. The average molecular weight is 201 g/mol. The van der Waals surface area contributed by atoms with E-state index in [-0.39, 0.29) is 11.5 Å². The van der Waals surface area contributed by atoms with Crippen molar-refractivity contribution in [2.24, 2.45) is 0 Å². The maximum atomic E-state index is 12.5. The van der Waals surface area contributed by atoms with Crippen LogP contribution < -0.4 is 0 Å². The Bertz CT molecular complexity index is 238. The Morgan fingerprint density at radius 1 is 1.42 bits per heavy atom. The van der Waals surface area contributed by atoms with Crippen molar-refractivity contribution in [3.63, 3.8) is 0 Å². The van der Waals surface area contributed by atoms with E-state index >= 15 is 0 Å². The van der Waals surface area contributed by atoms with Crippen molar-refractivity contribution in [3.05, 3.63) is 22.8 Å². The van der Waals surface area contributed by atoms with Crippen molar-refractivity contribution < 1.29 is 17.6 Å². The Morgan fingerprint density at radius 3 is 2.42 bits per heavy atom. The summed E-state index contributed by atoms with van der Waals surface area (Å²) in [5.74, 6) is 0. The number of hydrogen-bond acceptors (Lipinski definition) is 0. The fourth-order valence-corrected chi connectivity index (χ4v) is 1.16. The van der Waals surface area contributed by atoms with Gasteiger partial charge in [0.25, 0.3) is 0 Å².